The second-order valence-electron chi connectivity index (χ2n) is 3.41. The maximum Gasteiger partial charge on any atom is 0.0958 e. The molecule has 13 heavy (non-hydrogen) atoms. The molecular weight excluding hydrogens is 162 g/mol. The van der Waals surface area contributed by atoms with Crippen LogP contribution in [0, 0.1) is 0 Å². The largest absolute Gasteiger partial charge is 0.501 e. The van der Waals surface area contributed by atoms with Gasteiger partial charge in [-0.2, -0.15) is 0 Å². The molecule has 0 bridgehead atoms. The van der Waals surface area contributed by atoms with Crippen molar-refractivity contribution in [3.63, 3.8) is 0 Å². The maximum absolute atomic E-state index is 5.44. The number of hydrogen-bond donors (Lipinski definition) is 1. The van der Waals surface area contributed by atoms with E-state index in [1.165, 1.54) is 18.4 Å². The normalized spacial score (nSPS) is 16.5. The van der Waals surface area contributed by atoms with Gasteiger partial charge in [-0.15, -0.1) is 0 Å². The summed E-state index contributed by atoms with van der Waals surface area (Å²) in [6.07, 6.45) is 10.1. The lowest BCUT2D eigenvalue weighted by Crippen LogP contribution is -1.99. The van der Waals surface area contributed by atoms with Gasteiger partial charge in [-0.3, -0.25) is 0 Å². The Morgan fingerprint density at radius 3 is 2.69 bits per heavy atom. The Hall–Kier alpha value is -0.760. The van der Waals surface area contributed by atoms with Gasteiger partial charge in [-0.05, 0) is 38.3 Å². The molecule has 2 nitrogen and oxygen atoms in total. The van der Waals surface area contributed by atoms with Crippen LogP contribution in [0.15, 0.2) is 23.5 Å². The van der Waals surface area contributed by atoms with Crippen LogP contribution < -0.4 is 5.73 Å². The van der Waals surface area contributed by atoms with E-state index in [9.17, 15) is 0 Å². The summed E-state index contributed by atoms with van der Waals surface area (Å²) in [5, 5.41) is 0. The van der Waals surface area contributed by atoms with E-state index in [0.717, 1.165) is 31.6 Å². The fourth-order valence-electron chi connectivity index (χ4n) is 1.54. The van der Waals surface area contributed by atoms with Gasteiger partial charge < -0.3 is 10.5 Å². The molecule has 2 N–H and O–H groups in total. The highest BCUT2D eigenvalue weighted by Gasteiger charge is 2.05. The van der Waals surface area contributed by atoms with Crippen molar-refractivity contribution >= 4 is 0 Å². The first-order valence-electron chi connectivity index (χ1n) is 4.99. The van der Waals surface area contributed by atoms with Crippen LogP contribution in [-0.4, -0.2) is 13.7 Å². The molecule has 1 aliphatic carbocycles. The Bertz CT molecular complexity index is 206. The molecule has 0 saturated heterocycles. The summed E-state index contributed by atoms with van der Waals surface area (Å²) < 4.78 is 5.16. The average molecular weight is 181 g/mol. The van der Waals surface area contributed by atoms with Gasteiger partial charge in [0.15, 0.2) is 0 Å². The molecule has 0 aromatic rings. The second-order valence-corrected chi connectivity index (χ2v) is 3.41. The van der Waals surface area contributed by atoms with Gasteiger partial charge >= 0.3 is 0 Å². The topological polar surface area (TPSA) is 35.2 Å². The lowest BCUT2D eigenvalue weighted by Gasteiger charge is -2.13. The predicted molar refractivity (Wildman–Crippen MR) is 55.3 cm³/mol. The van der Waals surface area contributed by atoms with Crippen molar-refractivity contribution in [3.8, 4) is 0 Å². The molecule has 1 aliphatic rings. The van der Waals surface area contributed by atoms with Crippen molar-refractivity contribution in [2.24, 2.45) is 5.73 Å². The number of methoxy groups -OCH3 is 1. The van der Waals surface area contributed by atoms with Crippen molar-refractivity contribution in [1.29, 1.82) is 0 Å². The first kappa shape index (κ1) is 10.3. The molecule has 0 aromatic carbocycles. The third kappa shape index (κ3) is 3.64. The van der Waals surface area contributed by atoms with E-state index in [-0.39, 0.29) is 0 Å². The minimum absolute atomic E-state index is 0.812. The maximum atomic E-state index is 5.44. The summed E-state index contributed by atoms with van der Waals surface area (Å²) in [5.41, 5.74) is 6.97. The molecule has 0 saturated carbocycles. The highest BCUT2D eigenvalue weighted by molar-refractivity contribution is 5.20. The van der Waals surface area contributed by atoms with Crippen LogP contribution >= 0.6 is 0 Å². The minimum Gasteiger partial charge on any atom is -0.501 e. The first-order chi connectivity index (χ1) is 6.36. The molecular formula is C11H19NO. The van der Waals surface area contributed by atoms with E-state index in [0.29, 0.717) is 0 Å². The van der Waals surface area contributed by atoms with E-state index in [1.807, 2.05) is 0 Å². The summed E-state index contributed by atoms with van der Waals surface area (Å²) >= 11 is 0. The minimum atomic E-state index is 0.812. The van der Waals surface area contributed by atoms with Crippen molar-refractivity contribution in [3.05, 3.63) is 23.5 Å². The number of rotatable bonds is 5. The summed E-state index contributed by atoms with van der Waals surface area (Å²) in [4.78, 5) is 0. The van der Waals surface area contributed by atoms with E-state index < -0.39 is 0 Å². The monoisotopic (exact) mass is 181 g/mol. The average Bonchev–Trinajstić information content (AvgIpc) is 2.19. The Labute approximate surface area is 80.5 Å². The smallest absolute Gasteiger partial charge is 0.0958 e. The summed E-state index contributed by atoms with van der Waals surface area (Å²) in [5.74, 6) is 1.10. The van der Waals surface area contributed by atoms with Crippen LogP contribution in [0.3, 0.4) is 0 Å². The highest BCUT2D eigenvalue weighted by atomic mass is 16.5. The summed E-state index contributed by atoms with van der Waals surface area (Å²) in [7, 11) is 1.74. The molecule has 0 aromatic heterocycles. The van der Waals surface area contributed by atoms with Gasteiger partial charge in [-0.25, -0.2) is 0 Å². The molecule has 1 rings (SSSR count). The highest BCUT2D eigenvalue weighted by Crippen LogP contribution is 2.22. The van der Waals surface area contributed by atoms with Crippen LogP contribution in [-0.2, 0) is 4.74 Å². The van der Waals surface area contributed by atoms with Crippen LogP contribution in [0.4, 0.5) is 0 Å². The van der Waals surface area contributed by atoms with Gasteiger partial charge in [0.25, 0.3) is 0 Å². The van der Waals surface area contributed by atoms with Gasteiger partial charge in [0.1, 0.15) is 0 Å². The third-order valence-corrected chi connectivity index (χ3v) is 2.41. The van der Waals surface area contributed by atoms with Gasteiger partial charge in [0.05, 0.1) is 12.9 Å². The number of nitrogens with two attached hydrogens (primary N) is 1. The van der Waals surface area contributed by atoms with Gasteiger partial charge in [-0.1, -0.05) is 11.6 Å². The van der Waals surface area contributed by atoms with Crippen LogP contribution in [0.2, 0.25) is 0 Å². The lowest BCUT2D eigenvalue weighted by atomic mass is 9.99. The molecule has 2 heteroatoms. The number of hydrogen-bond acceptors (Lipinski definition) is 2. The Morgan fingerprint density at radius 2 is 2.15 bits per heavy atom. The molecule has 0 spiro atoms. The zero-order valence-electron chi connectivity index (χ0n) is 8.38. The van der Waals surface area contributed by atoms with Crippen molar-refractivity contribution in [2.45, 2.75) is 32.1 Å². The molecule has 0 fully saturated rings. The molecule has 0 amide bonds. The van der Waals surface area contributed by atoms with Crippen molar-refractivity contribution in [2.75, 3.05) is 13.7 Å². The van der Waals surface area contributed by atoms with Crippen molar-refractivity contribution < 1.29 is 4.74 Å². The Morgan fingerprint density at radius 1 is 1.31 bits per heavy atom. The molecule has 0 atom stereocenters. The quantitative estimate of drug-likeness (QED) is 0.661. The fourth-order valence-corrected chi connectivity index (χ4v) is 1.54. The number of unbranched alkanes of at least 4 members (excludes halogenated alkanes) is 1. The molecule has 0 aliphatic heterocycles. The van der Waals surface area contributed by atoms with Crippen LogP contribution in [0.25, 0.3) is 0 Å². The third-order valence-electron chi connectivity index (χ3n) is 2.41. The SMILES string of the molecule is COC1=CC=C(CCCCN)CC1. The fraction of sp³-hybridized carbons (Fsp3) is 0.636. The van der Waals surface area contributed by atoms with Crippen LogP contribution in [0.5, 0.6) is 0 Å². The van der Waals surface area contributed by atoms with E-state index in [1.54, 1.807) is 7.11 Å². The molecule has 0 radical (unpaired) electrons. The standard InChI is InChI=1S/C11H19NO/c1-13-11-7-5-10(6-8-11)4-2-3-9-12/h5,7H,2-4,6,8-9,12H2,1H3. The zero-order valence-corrected chi connectivity index (χ0v) is 8.38. The van der Waals surface area contributed by atoms with E-state index in [2.05, 4.69) is 12.2 Å². The van der Waals surface area contributed by atoms with E-state index in [4.69, 9.17) is 10.5 Å². The summed E-state index contributed by atoms with van der Waals surface area (Å²) in [6, 6.07) is 0. The van der Waals surface area contributed by atoms with Gasteiger partial charge in [0.2, 0.25) is 0 Å². The molecule has 0 unspecified atom stereocenters. The lowest BCUT2D eigenvalue weighted by molar-refractivity contribution is 0.275. The second kappa shape index (κ2) is 5.81. The van der Waals surface area contributed by atoms with Crippen molar-refractivity contribution in [1.82, 2.24) is 0 Å². The number of ether oxygens (including phenoxy) is 1. The van der Waals surface area contributed by atoms with Crippen LogP contribution in [0.1, 0.15) is 32.1 Å². The Balaban J connectivity index is 2.28. The zero-order chi connectivity index (χ0) is 9.52. The Kier molecular flexibility index (Phi) is 4.61. The van der Waals surface area contributed by atoms with E-state index >= 15 is 0 Å². The number of allylic oxidation sites excluding steroid dienone is 4. The first-order valence-corrected chi connectivity index (χ1v) is 4.99. The molecule has 0 heterocycles. The summed E-state index contributed by atoms with van der Waals surface area (Å²) in [6.45, 7) is 0.812. The molecule has 74 valence electrons. The predicted octanol–water partition coefficient (Wildman–Crippen LogP) is 2.37. The van der Waals surface area contributed by atoms with Gasteiger partial charge in [0, 0.05) is 6.42 Å².